The standard InChI is InChI=1S/C10H10O4.Li.H/c1-10(8(11)12,9(13)14)7-5-3-2-4-6-7;;/h2-6H,1H3,(H,11,12)(H,13,14);;. The molecule has 0 saturated heterocycles. The van der Waals surface area contributed by atoms with E-state index in [0.29, 0.717) is 0 Å². The van der Waals surface area contributed by atoms with E-state index in [1.165, 1.54) is 19.1 Å². The molecule has 15 heavy (non-hydrogen) atoms. The normalized spacial score (nSPS) is 10.2. The molecule has 0 atom stereocenters. The van der Waals surface area contributed by atoms with Crippen molar-refractivity contribution in [3.8, 4) is 0 Å². The van der Waals surface area contributed by atoms with Gasteiger partial charge < -0.3 is 10.2 Å². The van der Waals surface area contributed by atoms with Crippen LogP contribution < -0.4 is 0 Å². The monoisotopic (exact) mass is 202 g/mol. The zero-order valence-electron chi connectivity index (χ0n) is 7.60. The summed E-state index contributed by atoms with van der Waals surface area (Å²) in [7, 11) is 0. The van der Waals surface area contributed by atoms with Gasteiger partial charge in [0.15, 0.2) is 5.41 Å². The number of benzene rings is 1. The summed E-state index contributed by atoms with van der Waals surface area (Å²) in [5.41, 5.74) is -1.61. The average Bonchev–Trinajstić information content (AvgIpc) is 2.17. The van der Waals surface area contributed by atoms with Gasteiger partial charge in [0.05, 0.1) is 0 Å². The van der Waals surface area contributed by atoms with Crippen molar-refractivity contribution in [1.82, 2.24) is 0 Å². The van der Waals surface area contributed by atoms with E-state index >= 15 is 0 Å². The fourth-order valence-electron chi connectivity index (χ4n) is 1.11. The second-order valence-corrected chi connectivity index (χ2v) is 3.10. The van der Waals surface area contributed by atoms with Gasteiger partial charge in [0.25, 0.3) is 0 Å². The van der Waals surface area contributed by atoms with Gasteiger partial charge in [-0.3, -0.25) is 9.59 Å². The Morgan fingerprint density at radius 3 is 1.80 bits per heavy atom. The summed E-state index contributed by atoms with van der Waals surface area (Å²) in [6, 6.07) is 7.90. The Hall–Kier alpha value is -1.24. The third-order valence-electron chi connectivity index (χ3n) is 2.21. The maximum atomic E-state index is 10.9. The number of hydrogen-bond donors (Lipinski definition) is 2. The molecule has 0 fully saturated rings. The number of carboxylic acids is 2. The number of rotatable bonds is 3. The zero-order chi connectivity index (χ0) is 10.8. The molecule has 0 aliphatic carbocycles. The molecule has 0 unspecified atom stereocenters. The quantitative estimate of drug-likeness (QED) is 0.551. The van der Waals surface area contributed by atoms with E-state index in [0.717, 1.165) is 0 Å². The van der Waals surface area contributed by atoms with Crippen molar-refractivity contribution in [2.45, 2.75) is 12.3 Å². The Bertz CT molecular complexity index is 347. The molecule has 0 heterocycles. The maximum absolute atomic E-state index is 10.9. The van der Waals surface area contributed by atoms with Gasteiger partial charge in [-0.05, 0) is 12.5 Å². The molecule has 0 bridgehead atoms. The van der Waals surface area contributed by atoms with Gasteiger partial charge in [-0.2, -0.15) is 0 Å². The van der Waals surface area contributed by atoms with Crippen LogP contribution in [0.1, 0.15) is 12.5 Å². The Labute approximate surface area is 99.1 Å². The molecule has 1 aromatic rings. The molecule has 0 aromatic heterocycles. The van der Waals surface area contributed by atoms with Gasteiger partial charge in [-0.1, -0.05) is 30.3 Å². The Morgan fingerprint density at radius 2 is 1.47 bits per heavy atom. The first-order chi connectivity index (χ1) is 6.49. The topological polar surface area (TPSA) is 74.6 Å². The SMILES string of the molecule is CC(C(=O)O)(C(=O)O)c1ccccc1.[LiH]. The molecule has 2 N–H and O–H groups in total. The van der Waals surface area contributed by atoms with Gasteiger partial charge in [0.2, 0.25) is 0 Å². The molecule has 0 spiro atoms. The molecule has 0 amide bonds. The van der Waals surface area contributed by atoms with Crippen LogP contribution in [0.5, 0.6) is 0 Å². The van der Waals surface area contributed by atoms with Gasteiger partial charge >= 0.3 is 30.8 Å². The predicted molar refractivity (Wildman–Crippen MR) is 56.2 cm³/mol. The van der Waals surface area contributed by atoms with E-state index in [2.05, 4.69) is 0 Å². The van der Waals surface area contributed by atoms with Gasteiger partial charge in [-0.25, -0.2) is 0 Å². The van der Waals surface area contributed by atoms with Gasteiger partial charge in [0, 0.05) is 0 Å². The fourth-order valence-corrected chi connectivity index (χ4v) is 1.11. The van der Waals surface area contributed by atoms with Gasteiger partial charge in [-0.15, -0.1) is 0 Å². The second-order valence-electron chi connectivity index (χ2n) is 3.10. The molecule has 1 rings (SSSR count). The molecule has 5 heteroatoms. The van der Waals surface area contributed by atoms with Crippen molar-refractivity contribution in [3.05, 3.63) is 35.9 Å². The summed E-state index contributed by atoms with van der Waals surface area (Å²) in [5.74, 6) is -2.73. The first-order valence-electron chi connectivity index (χ1n) is 4.02. The number of hydrogen-bond acceptors (Lipinski definition) is 2. The first-order valence-corrected chi connectivity index (χ1v) is 4.02. The van der Waals surface area contributed by atoms with E-state index in [4.69, 9.17) is 10.2 Å². The molecule has 0 radical (unpaired) electrons. The minimum absolute atomic E-state index is 0. The Kier molecular flexibility index (Phi) is 4.60. The van der Waals surface area contributed by atoms with Crippen LogP contribution >= 0.6 is 0 Å². The Balaban J connectivity index is 0.00000196. The third kappa shape index (κ3) is 2.41. The summed E-state index contributed by atoms with van der Waals surface area (Å²) < 4.78 is 0. The number of aliphatic carboxylic acids is 2. The van der Waals surface area contributed by atoms with Crippen molar-refractivity contribution in [2.24, 2.45) is 0 Å². The van der Waals surface area contributed by atoms with Crippen molar-refractivity contribution >= 4 is 30.8 Å². The van der Waals surface area contributed by atoms with Crippen LogP contribution in [-0.2, 0) is 15.0 Å². The predicted octanol–water partition coefficient (Wildman–Crippen LogP) is 0.465. The molecule has 0 aliphatic rings. The Morgan fingerprint density at radius 1 is 1.07 bits per heavy atom. The van der Waals surface area contributed by atoms with Crippen molar-refractivity contribution in [3.63, 3.8) is 0 Å². The van der Waals surface area contributed by atoms with E-state index in [1.807, 2.05) is 0 Å². The number of carbonyl (C=O) groups is 2. The van der Waals surface area contributed by atoms with Crippen LogP contribution in [0.3, 0.4) is 0 Å². The average molecular weight is 202 g/mol. The summed E-state index contributed by atoms with van der Waals surface area (Å²) in [5, 5.41) is 17.8. The molecule has 76 valence electrons. The first kappa shape index (κ1) is 13.8. The molecule has 0 saturated carbocycles. The molecular formula is C10H11LiO4. The minimum atomic E-state index is -1.87. The summed E-state index contributed by atoms with van der Waals surface area (Å²) >= 11 is 0. The van der Waals surface area contributed by atoms with E-state index in [9.17, 15) is 9.59 Å². The van der Waals surface area contributed by atoms with E-state index in [1.54, 1.807) is 18.2 Å². The molecule has 0 aliphatic heterocycles. The third-order valence-corrected chi connectivity index (χ3v) is 2.21. The van der Waals surface area contributed by atoms with Crippen LogP contribution in [0.15, 0.2) is 30.3 Å². The second kappa shape index (κ2) is 5.01. The summed E-state index contributed by atoms with van der Waals surface area (Å²) in [6.45, 7) is 1.17. The van der Waals surface area contributed by atoms with Crippen LogP contribution in [-0.4, -0.2) is 41.0 Å². The molecule has 4 nitrogen and oxygen atoms in total. The van der Waals surface area contributed by atoms with Crippen molar-refractivity contribution in [2.75, 3.05) is 0 Å². The molecule has 1 aromatic carbocycles. The fraction of sp³-hybridized carbons (Fsp3) is 0.200. The molecular weight excluding hydrogens is 191 g/mol. The van der Waals surface area contributed by atoms with Crippen LogP contribution in [0.2, 0.25) is 0 Å². The van der Waals surface area contributed by atoms with Crippen LogP contribution in [0, 0.1) is 0 Å². The van der Waals surface area contributed by atoms with Crippen molar-refractivity contribution < 1.29 is 19.8 Å². The van der Waals surface area contributed by atoms with Crippen molar-refractivity contribution in [1.29, 1.82) is 0 Å². The van der Waals surface area contributed by atoms with E-state index in [-0.39, 0.29) is 24.4 Å². The van der Waals surface area contributed by atoms with Crippen LogP contribution in [0.25, 0.3) is 0 Å². The number of carboxylic acid groups (broad SMARTS) is 2. The van der Waals surface area contributed by atoms with Crippen LogP contribution in [0.4, 0.5) is 0 Å². The zero-order valence-corrected chi connectivity index (χ0v) is 7.60. The van der Waals surface area contributed by atoms with E-state index < -0.39 is 17.4 Å². The summed E-state index contributed by atoms with van der Waals surface area (Å²) in [6.07, 6.45) is 0. The summed E-state index contributed by atoms with van der Waals surface area (Å²) in [4.78, 5) is 21.8. The van der Waals surface area contributed by atoms with Gasteiger partial charge in [0.1, 0.15) is 0 Å².